The third kappa shape index (κ3) is 4.92. The molecule has 46 heavy (non-hydrogen) atoms. The van der Waals surface area contributed by atoms with Crippen molar-refractivity contribution in [1.29, 1.82) is 0 Å². The first-order valence-electron chi connectivity index (χ1n) is 14.7. The third-order valence-electron chi connectivity index (χ3n) is 7.44. The van der Waals surface area contributed by atoms with Gasteiger partial charge in [0.1, 0.15) is 41.6 Å². The van der Waals surface area contributed by atoms with Crippen LogP contribution in [0.2, 0.25) is 0 Å². The van der Waals surface area contributed by atoms with Gasteiger partial charge < -0.3 is 20.1 Å². The number of hydrogen-bond acceptors (Lipinski definition) is 11. The average molecular weight is 654 g/mol. The quantitative estimate of drug-likeness (QED) is 0.187. The van der Waals surface area contributed by atoms with Crippen molar-refractivity contribution in [3.05, 3.63) is 75.3 Å². The summed E-state index contributed by atoms with van der Waals surface area (Å²) in [7, 11) is 3.21. The molecule has 5 aromatic heterocycles. The number of nitrogens with one attached hydrogen (secondary N) is 2. The van der Waals surface area contributed by atoms with Crippen molar-refractivity contribution in [3.63, 3.8) is 0 Å². The van der Waals surface area contributed by atoms with Crippen LogP contribution in [0.15, 0.2) is 64.2 Å². The minimum Gasteiger partial charge on any atom is -0.497 e. The van der Waals surface area contributed by atoms with Crippen molar-refractivity contribution in [2.24, 2.45) is 0 Å². The summed E-state index contributed by atoms with van der Waals surface area (Å²) >= 11 is 2.59. The van der Waals surface area contributed by atoms with E-state index in [1.54, 1.807) is 23.4 Å². The third-order valence-corrected chi connectivity index (χ3v) is 9.59. The molecule has 7 aromatic rings. The largest absolute Gasteiger partial charge is 0.497 e. The Hall–Kier alpha value is -5.01. The molecular formula is C33H31N7O4S2. The van der Waals surface area contributed by atoms with Crippen LogP contribution in [0.4, 0.5) is 11.9 Å². The first-order chi connectivity index (χ1) is 22.2. The van der Waals surface area contributed by atoms with Crippen molar-refractivity contribution in [1.82, 2.24) is 24.1 Å². The van der Waals surface area contributed by atoms with Crippen LogP contribution in [0.3, 0.4) is 0 Å². The molecule has 234 valence electrons. The Labute approximate surface area is 271 Å². The molecule has 0 bridgehead atoms. The highest BCUT2D eigenvalue weighted by atomic mass is 32.1. The number of nitrogens with zero attached hydrogens (tertiary/aromatic N) is 5. The second-order valence-electron chi connectivity index (χ2n) is 11.4. The van der Waals surface area contributed by atoms with Crippen LogP contribution in [-0.2, 0) is 0 Å². The number of hydrogen-bond donors (Lipinski definition) is 2. The van der Waals surface area contributed by atoms with Crippen LogP contribution in [-0.4, -0.2) is 50.4 Å². The summed E-state index contributed by atoms with van der Waals surface area (Å²) in [5, 5.41) is 8.16. The fourth-order valence-corrected chi connectivity index (χ4v) is 7.49. The number of anilines is 2. The van der Waals surface area contributed by atoms with Crippen molar-refractivity contribution in [3.8, 4) is 22.9 Å². The topological polar surface area (TPSA) is 125 Å². The Kier molecular flexibility index (Phi) is 7.36. The molecule has 7 rings (SSSR count). The van der Waals surface area contributed by atoms with E-state index >= 15 is 0 Å². The number of benzene rings is 2. The zero-order valence-corrected chi connectivity index (χ0v) is 27.7. The summed E-state index contributed by atoms with van der Waals surface area (Å²) in [6.45, 7) is 7.98. The highest BCUT2D eigenvalue weighted by molar-refractivity contribution is 7.27. The number of rotatable bonds is 8. The van der Waals surface area contributed by atoms with E-state index in [4.69, 9.17) is 24.4 Å². The molecule has 0 atom stereocenters. The fraction of sp³-hybridized carbons (Fsp3) is 0.242. The average Bonchev–Trinajstić information content (AvgIpc) is 3.58. The molecule has 13 heteroatoms. The van der Waals surface area contributed by atoms with Gasteiger partial charge in [0.05, 0.1) is 25.6 Å². The molecule has 0 spiro atoms. The van der Waals surface area contributed by atoms with E-state index in [-0.39, 0.29) is 23.2 Å². The first-order valence-corrected chi connectivity index (χ1v) is 16.4. The summed E-state index contributed by atoms with van der Waals surface area (Å²) in [6, 6.07) is 16.6. The van der Waals surface area contributed by atoms with Gasteiger partial charge in [-0.15, -0.1) is 22.7 Å². The molecule has 5 heterocycles. The predicted molar refractivity (Wildman–Crippen MR) is 187 cm³/mol. The molecule has 0 unspecified atom stereocenters. The molecule has 0 fully saturated rings. The summed E-state index contributed by atoms with van der Waals surface area (Å²) in [6.07, 6.45) is 0. The van der Waals surface area contributed by atoms with Gasteiger partial charge >= 0.3 is 0 Å². The smallest absolute Gasteiger partial charge is 0.277 e. The van der Waals surface area contributed by atoms with Gasteiger partial charge in [-0.3, -0.25) is 9.59 Å². The Morgan fingerprint density at radius 3 is 1.37 bits per heavy atom. The Bertz CT molecular complexity index is 2220. The highest BCUT2D eigenvalue weighted by Gasteiger charge is 2.23. The van der Waals surface area contributed by atoms with Crippen molar-refractivity contribution in [2.45, 2.75) is 39.8 Å². The van der Waals surface area contributed by atoms with E-state index in [0.29, 0.717) is 64.9 Å². The van der Waals surface area contributed by atoms with Gasteiger partial charge in [0, 0.05) is 22.9 Å². The zero-order chi connectivity index (χ0) is 32.3. The van der Waals surface area contributed by atoms with Gasteiger partial charge in [0.2, 0.25) is 11.9 Å². The molecule has 0 aliphatic carbocycles. The van der Waals surface area contributed by atoms with Gasteiger partial charge in [0.15, 0.2) is 0 Å². The van der Waals surface area contributed by atoms with Crippen LogP contribution in [0, 0.1) is 0 Å². The highest BCUT2D eigenvalue weighted by Crippen LogP contribution is 2.38. The molecule has 0 radical (unpaired) electrons. The fourth-order valence-electron chi connectivity index (χ4n) is 5.38. The van der Waals surface area contributed by atoms with Crippen molar-refractivity contribution in [2.75, 3.05) is 24.9 Å². The SMILES string of the molecule is COc1ccc(-n2c(NC(C)C)nc3c(sc4nc5sc6c(=O)n(-c7ccc(OC)cc7)c(NC(C)C)nc6c5cc43)c2=O)cc1. The Morgan fingerprint density at radius 2 is 1.02 bits per heavy atom. The maximum Gasteiger partial charge on any atom is 0.277 e. The van der Waals surface area contributed by atoms with Gasteiger partial charge in [0.25, 0.3) is 11.1 Å². The lowest BCUT2D eigenvalue weighted by Gasteiger charge is -2.16. The van der Waals surface area contributed by atoms with Crippen LogP contribution < -0.4 is 31.2 Å². The summed E-state index contributed by atoms with van der Waals surface area (Å²) in [5.74, 6) is 2.24. The molecule has 2 N–H and O–H groups in total. The van der Waals surface area contributed by atoms with E-state index in [9.17, 15) is 9.59 Å². The van der Waals surface area contributed by atoms with Gasteiger partial charge in [-0.1, -0.05) is 0 Å². The lowest BCUT2D eigenvalue weighted by molar-refractivity contribution is 0.414. The van der Waals surface area contributed by atoms with Crippen molar-refractivity contribution >= 4 is 75.4 Å². The van der Waals surface area contributed by atoms with Gasteiger partial charge in [-0.25, -0.2) is 24.1 Å². The van der Waals surface area contributed by atoms with E-state index in [1.165, 1.54) is 22.7 Å². The van der Waals surface area contributed by atoms with Crippen LogP contribution in [0.5, 0.6) is 11.5 Å². The number of pyridine rings is 1. The molecular weight excluding hydrogens is 623 g/mol. The molecule has 0 aliphatic rings. The maximum atomic E-state index is 14.1. The number of methoxy groups -OCH3 is 2. The van der Waals surface area contributed by atoms with Crippen LogP contribution >= 0.6 is 22.7 Å². The second kappa shape index (κ2) is 11.4. The lowest BCUT2D eigenvalue weighted by Crippen LogP contribution is -2.25. The maximum absolute atomic E-state index is 14.1. The molecule has 0 saturated heterocycles. The normalized spacial score (nSPS) is 11.8. The second-order valence-corrected chi connectivity index (χ2v) is 13.4. The molecule has 2 aromatic carbocycles. The minimum atomic E-state index is -0.196. The first kappa shape index (κ1) is 29.7. The van der Waals surface area contributed by atoms with E-state index < -0.39 is 0 Å². The molecule has 0 amide bonds. The summed E-state index contributed by atoms with van der Waals surface area (Å²) in [5.41, 5.74) is 2.06. The monoisotopic (exact) mass is 653 g/mol. The van der Waals surface area contributed by atoms with Gasteiger partial charge in [-0.2, -0.15) is 0 Å². The van der Waals surface area contributed by atoms with Crippen molar-refractivity contribution < 1.29 is 9.47 Å². The molecule has 0 aliphatic heterocycles. The number of ether oxygens (including phenoxy) is 2. The number of fused-ring (bicyclic) bond motifs is 6. The number of thiophene rings is 2. The lowest BCUT2D eigenvalue weighted by atomic mass is 10.2. The summed E-state index contributed by atoms with van der Waals surface area (Å²) in [4.78, 5) is 44.4. The van der Waals surface area contributed by atoms with Crippen LogP contribution in [0.1, 0.15) is 27.7 Å². The minimum absolute atomic E-state index is 0.0216. The van der Waals surface area contributed by atoms with E-state index in [2.05, 4.69) is 10.6 Å². The summed E-state index contributed by atoms with van der Waals surface area (Å²) < 4.78 is 14.8. The standard InChI is InChI=1S/C33H31N7O4S2/c1-16(2)34-32-36-24-22-15-23-25-27(31(42)40(33(37-25)35-17(3)4)19-9-13-21(44-6)14-10-19)46-29(23)38-28(22)45-26(24)30(41)39(32)18-7-11-20(43-5)12-8-18/h7-17H,1-6H3,(H,34,36)(H,35,37). The Balaban J connectivity index is 1.48. The molecule has 11 nitrogen and oxygen atoms in total. The van der Waals surface area contributed by atoms with Gasteiger partial charge in [-0.05, 0) is 82.3 Å². The molecule has 0 saturated carbocycles. The number of aromatic nitrogens is 5. The Morgan fingerprint density at radius 1 is 0.630 bits per heavy atom. The van der Waals surface area contributed by atoms with E-state index in [1.807, 2.05) is 82.3 Å². The van der Waals surface area contributed by atoms with E-state index in [0.717, 1.165) is 10.8 Å². The van der Waals surface area contributed by atoms with Crippen LogP contribution in [0.25, 0.3) is 52.2 Å². The predicted octanol–water partition coefficient (Wildman–Crippen LogP) is 6.57. The zero-order valence-electron chi connectivity index (χ0n) is 26.0.